The van der Waals surface area contributed by atoms with Gasteiger partial charge in [-0.05, 0) is 59.2 Å². The van der Waals surface area contributed by atoms with Crippen LogP contribution >= 0.6 is 12.4 Å². The first-order valence-electron chi connectivity index (χ1n) is 12.6. The van der Waals surface area contributed by atoms with Crippen molar-refractivity contribution in [3.63, 3.8) is 0 Å². The van der Waals surface area contributed by atoms with Crippen LogP contribution in [0.25, 0.3) is 11.1 Å². The number of amides is 1. The molecule has 38 heavy (non-hydrogen) atoms. The van der Waals surface area contributed by atoms with Gasteiger partial charge in [0.2, 0.25) is 10.0 Å². The Morgan fingerprint density at radius 1 is 1.00 bits per heavy atom. The van der Waals surface area contributed by atoms with Gasteiger partial charge in [-0.15, -0.1) is 12.4 Å². The topological polar surface area (TPSA) is 105 Å². The highest BCUT2D eigenvalue weighted by Gasteiger charge is 2.24. The first-order valence-corrected chi connectivity index (χ1v) is 14.5. The van der Waals surface area contributed by atoms with Gasteiger partial charge in [0.05, 0.1) is 12.4 Å². The number of sulfonamides is 1. The van der Waals surface area contributed by atoms with Crippen molar-refractivity contribution in [1.82, 2.24) is 10.0 Å². The number of ether oxygens (including phenoxy) is 1. The first kappa shape index (κ1) is 29.6. The molecular weight excluding hydrogens is 524 g/mol. The standard InChI is InChI=1S/C29H34N2O5S.ClH/c1-37(34,35)31-29(33)26-16-13-24(19-27(26)22-7-5-6-8-22)21-11-14-25(15-12-21)36-18-17-30-20-28(32)23-9-3-2-4-10-23;/h2-4,9-16,19,22,28,30,32H,5-8,17-18,20H2,1H3,(H,31,33);1H/t28-;/m0./s1. The Morgan fingerprint density at radius 2 is 1.66 bits per heavy atom. The number of rotatable bonds is 11. The van der Waals surface area contributed by atoms with Crippen LogP contribution in [-0.2, 0) is 10.0 Å². The van der Waals surface area contributed by atoms with E-state index in [2.05, 4.69) is 10.0 Å². The molecular formula is C29H35ClN2O5S. The molecule has 3 aromatic carbocycles. The molecule has 1 aliphatic carbocycles. The van der Waals surface area contributed by atoms with E-state index < -0.39 is 22.0 Å². The van der Waals surface area contributed by atoms with Gasteiger partial charge in [0, 0.05) is 18.7 Å². The minimum atomic E-state index is -3.64. The van der Waals surface area contributed by atoms with Crippen LogP contribution in [0.2, 0.25) is 0 Å². The molecule has 0 bridgehead atoms. The predicted octanol–water partition coefficient (Wildman–Crippen LogP) is 4.82. The Kier molecular flexibility index (Phi) is 10.7. The quantitative estimate of drug-likeness (QED) is 0.291. The molecule has 9 heteroatoms. The summed E-state index contributed by atoms with van der Waals surface area (Å²) in [6.45, 7) is 1.53. The zero-order chi connectivity index (χ0) is 26.3. The lowest BCUT2D eigenvalue weighted by Gasteiger charge is -2.17. The second-order valence-corrected chi connectivity index (χ2v) is 11.2. The maximum absolute atomic E-state index is 12.7. The van der Waals surface area contributed by atoms with Crippen molar-refractivity contribution in [2.45, 2.75) is 37.7 Å². The molecule has 1 saturated carbocycles. The third-order valence-electron chi connectivity index (χ3n) is 6.63. The Bertz CT molecular complexity index is 1290. The highest BCUT2D eigenvalue weighted by Crippen LogP contribution is 2.38. The smallest absolute Gasteiger partial charge is 0.265 e. The zero-order valence-electron chi connectivity index (χ0n) is 21.4. The van der Waals surface area contributed by atoms with Crippen molar-refractivity contribution in [1.29, 1.82) is 0 Å². The molecule has 4 rings (SSSR count). The molecule has 0 heterocycles. The molecule has 3 N–H and O–H groups in total. The van der Waals surface area contributed by atoms with Gasteiger partial charge in [0.25, 0.3) is 5.91 Å². The van der Waals surface area contributed by atoms with Crippen LogP contribution in [0.15, 0.2) is 72.8 Å². The van der Waals surface area contributed by atoms with Crippen molar-refractivity contribution < 1.29 is 23.1 Å². The molecule has 0 spiro atoms. The highest BCUT2D eigenvalue weighted by atomic mass is 35.5. The van der Waals surface area contributed by atoms with Crippen LogP contribution in [0.1, 0.15) is 59.2 Å². The van der Waals surface area contributed by atoms with Gasteiger partial charge in [0.1, 0.15) is 12.4 Å². The van der Waals surface area contributed by atoms with Crippen LogP contribution in [0.5, 0.6) is 5.75 Å². The number of carbonyl (C=O) groups excluding carboxylic acids is 1. The molecule has 0 saturated heterocycles. The average molecular weight is 559 g/mol. The summed E-state index contributed by atoms with van der Waals surface area (Å²) in [7, 11) is -3.64. The number of hydrogen-bond acceptors (Lipinski definition) is 6. The van der Waals surface area contributed by atoms with Gasteiger partial charge in [-0.3, -0.25) is 4.79 Å². The lowest BCUT2D eigenvalue weighted by Crippen LogP contribution is -2.30. The molecule has 1 aliphatic rings. The Morgan fingerprint density at radius 3 is 2.32 bits per heavy atom. The maximum Gasteiger partial charge on any atom is 0.265 e. The van der Waals surface area contributed by atoms with E-state index in [0.29, 0.717) is 25.3 Å². The van der Waals surface area contributed by atoms with E-state index in [1.54, 1.807) is 6.07 Å². The summed E-state index contributed by atoms with van der Waals surface area (Å²) in [6, 6.07) is 22.9. The fourth-order valence-corrected chi connectivity index (χ4v) is 5.21. The number of aliphatic hydroxyl groups excluding tert-OH is 1. The van der Waals surface area contributed by atoms with Gasteiger partial charge < -0.3 is 15.2 Å². The normalized spacial score (nSPS) is 14.5. The molecule has 0 radical (unpaired) electrons. The summed E-state index contributed by atoms with van der Waals surface area (Å²) in [6.07, 6.45) is 4.63. The second-order valence-electron chi connectivity index (χ2n) is 9.49. The number of hydrogen-bond donors (Lipinski definition) is 3. The van der Waals surface area contributed by atoms with Crippen LogP contribution < -0.4 is 14.8 Å². The minimum absolute atomic E-state index is 0. The summed E-state index contributed by atoms with van der Waals surface area (Å²) in [5.41, 5.74) is 4.17. The van der Waals surface area contributed by atoms with Crippen molar-refractivity contribution in [3.05, 3.63) is 89.5 Å². The SMILES string of the molecule is CS(=O)(=O)NC(=O)c1ccc(-c2ccc(OCCNC[C@H](O)c3ccccc3)cc2)cc1C1CCCC1.Cl. The summed E-state index contributed by atoms with van der Waals surface area (Å²) >= 11 is 0. The van der Waals surface area contributed by atoms with E-state index in [4.69, 9.17) is 4.74 Å². The van der Waals surface area contributed by atoms with Crippen LogP contribution in [0.3, 0.4) is 0 Å². The summed E-state index contributed by atoms with van der Waals surface area (Å²) in [5, 5.41) is 13.4. The van der Waals surface area contributed by atoms with Crippen molar-refractivity contribution in [3.8, 4) is 16.9 Å². The predicted molar refractivity (Wildman–Crippen MR) is 152 cm³/mol. The monoisotopic (exact) mass is 558 g/mol. The molecule has 3 aromatic rings. The Balaban J connectivity index is 0.00000400. The zero-order valence-corrected chi connectivity index (χ0v) is 23.1. The molecule has 204 valence electrons. The Labute approximate surface area is 231 Å². The summed E-state index contributed by atoms with van der Waals surface area (Å²) in [5.74, 6) is 0.412. The lowest BCUT2D eigenvalue weighted by molar-refractivity contribution is 0.0980. The summed E-state index contributed by atoms with van der Waals surface area (Å²) < 4.78 is 31.2. The third kappa shape index (κ3) is 8.30. The van der Waals surface area contributed by atoms with Crippen molar-refractivity contribution in [2.24, 2.45) is 0 Å². The fourth-order valence-electron chi connectivity index (χ4n) is 4.76. The number of halogens is 1. The lowest BCUT2D eigenvalue weighted by atomic mass is 9.89. The van der Waals surface area contributed by atoms with E-state index in [9.17, 15) is 18.3 Å². The van der Waals surface area contributed by atoms with Gasteiger partial charge >= 0.3 is 0 Å². The van der Waals surface area contributed by atoms with Gasteiger partial charge in [-0.25, -0.2) is 13.1 Å². The van der Waals surface area contributed by atoms with E-state index in [1.807, 2.05) is 66.7 Å². The average Bonchev–Trinajstić information content (AvgIpc) is 3.43. The fraction of sp³-hybridized carbons (Fsp3) is 0.345. The van der Waals surface area contributed by atoms with Crippen LogP contribution in [0.4, 0.5) is 0 Å². The maximum atomic E-state index is 12.7. The van der Waals surface area contributed by atoms with E-state index in [1.165, 1.54) is 0 Å². The minimum Gasteiger partial charge on any atom is -0.492 e. The molecule has 1 fully saturated rings. The second kappa shape index (κ2) is 13.8. The van der Waals surface area contributed by atoms with E-state index >= 15 is 0 Å². The first-order chi connectivity index (χ1) is 17.8. The number of carbonyl (C=O) groups is 1. The molecule has 0 unspecified atom stereocenters. The molecule has 1 atom stereocenters. The van der Waals surface area contributed by atoms with Gasteiger partial charge in [-0.1, -0.05) is 67.4 Å². The van der Waals surface area contributed by atoms with Crippen LogP contribution in [-0.4, -0.2) is 45.4 Å². The van der Waals surface area contributed by atoms with Gasteiger partial charge in [-0.2, -0.15) is 0 Å². The van der Waals surface area contributed by atoms with E-state index in [0.717, 1.165) is 59.9 Å². The molecule has 1 amide bonds. The Hall–Kier alpha value is -2.91. The highest BCUT2D eigenvalue weighted by molar-refractivity contribution is 7.89. The van der Waals surface area contributed by atoms with Crippen molar-refractivity contribution in [2.75, 3.05) is 26.0 Å². The number of nitrogens with one attached hydrogen (secondary N) is 2. The molecule has 0 aliphatic heterocycles. The summed E-state index contributed by atoms with van der Waals surface area (Å²) in [4.78, 5) is 12.7. The van der Waals surface area contributed by atoms with Crippen molar-refractivity contribution >= 4 is 28.3 Å². The number of aliphatic hydroxyl groups is 1. The largest absolute Gasteiger partial charge is 0.492 e. The molecule has 7 nitrogen and oxygen atoms in total. The van der Waals surface area contributed by atoms with E-state index in [-0.39, 0.29) is 18.3 Å². The van der Waals surface area contributed by atoms with Gasteiger partial charge in [0.15, 0.2) is 0 Å². The number of benzene rings is 3. The van der Waals surface area contributed by atoms with Crippen LogP contribution in [0, 0.1) is 0 Å². The third-order valence-corrected chi connectivity index (χ3v) is 7.18. The molecule has 0 aromatic heterocycles.